The number of anilines is 2. The van der Waals surface area contributed by atoms with Crippen molar-refractivity contribution in [3.8, 4) is 0 Å². The van der Waals surface area contributed by atoms with Gasteiger partial charge in [0.15, 0.2) is 0 Å². The lowest BCUT2D eigenvalue weighted by Gasteiger charge is -2.17. The molecule has 6 heteroatoms. The number of hydrogen-bond acceptors (Lipinski definition) is 5. The zero-order valence-corrected chi connectivity index (χ0v) is 16.5. The Morgan fingerprint density at radius 3 is 2.43 bits per heavy atom. The SMILES string of the molecule is CC(C)c1ccc(Nc2nccc(C(=O)N(C)CCc3ccncc3)n2)cc1. The number of nitrogens with zero attached hydrogens (tertiary/aromatic N) is 4. The van der Waals surface area contributed by atoms with Crippen molar-refractivity contribution in [2.24, 2.45) is 0 Å². The maximum atomic E-state index is 12.7. The molecule has 1 N–H and O–H groups in total. The van der Waals surface area contributed by atoms with Gasteiger partial charge in [-0.1, -0.05) is 26.0 Å². The minimum Gasteiger partial charge on any atom is -0.340 e. The number of aromatic nitrogens is 3. The molecule has 0 aliphatic carbocycles. The minimum atomic E-state index is -0.130. The summed E-state index contributed by atoms with van der Waals surface area (Å²) in [6, 6.07) is 13.7. The summed E-state index contributed by atoms with van der Waals surface area (Å²) >= 11 is 0. The maximum Gasteiger partial charge on any atom is 0.272 e. The van der Waals surface area contributed by atoms with E-state index in [1.54, 1.807) is 36.6 Å². The van der Waals surface area contributed by atoms with Crippen molar-refractivity contribution in [2.45, 2.75) is 26.2 Å². The zero-order valence-electron chi connectivity index (χ0n) is 16.5. The molecule has 0 radical (unpaired) electrons. The van der Waals surface area contributed by atoms with E-state index in [1.807, 2.05) is 24.3 Å². The highest BCUT2D eigenvalue weighted by Crippen LogP contribution is 2.19. The van der Waals surface area contributed by atoms with Crippen LogP contribution in [0, 0.1) is 0 Å². The highest BCUT2D eigenvalue weighted by Gasteiger charge is 2.14. The average Bonchev–Trinajstić information content (AvgIpc) is 2.73. The number of nitrogens with one attached hydrogen (secondary N) is 1. The Morgan fingerprint density at radius 1 is 1.04 bits per heavy atom. The molecule has 3 aromatic rings. The molecule has 0 atom stereocenters. The lowest BCUT2D eigenvalue weighted by atomic mass is 10.0. The van der Waals surface area contributed by atoms with E-state index in [4.69, 9.17) is 0 Å². The summed E-state index contributed by atoms with van der Waals surface area (Å²) in [7, 11) is 1.78. The Hall–Kier alpha value is -3.28. The molecule has 0 bridgehead atoms. The summed E-state index contributed by atoms with van der Waals surface area (Å²) < 4.78 is 0. The van der Waals surface area contributed by atoms with E-state index in [9.17, 15) is 4.79 Å². The Morgan fingerprint density at radius 2 is 1.75 bits per heavy atom. The Balaban J connectivity index is 1.63. The van der Waals surface area contributed by atoms with Crippen LogP contribution in [-0.4, -0.2) is 39.4 Å². The summed E-state index contributed by atoms with van der Waals surface area (Å²) in [6.45, 7) is 4.92. The highest BCUT2D eigenvalue weighted by atomic mass is 16.2. The lowest BCUT2D eigenvalue weighted by molar-refractivity contribution is 0.0791. The van der Waals surface area contributed by atoms with Crippen molar-refractivity contribution < 1.29 is 4.79 Å². The predicted octanol–water partition coefficient (Wildman–Crippen LogP) is 4.05. The first-order valence-electron chi connectivity index (χ1n) is 9.37. The molecule has 0 spiro atoms. The largest absolute Gasteiger partial charge is 0.340 e. The van der Waals surface area contributed by atoms with Crippen LogP contribution >= 0.6 is 0 Å². The number of carbonyl (C=O) groups is 1. The summed E-state index contributed by atoms with van der Waals surface area (Å²) in [5.74, 6) is 0.759. The Labute approximate surface area is 165 Å². The van der Waals surface area contributed by atoms with Crippen LogP contribution in [0.4, 0.5) is 11.6 Å². The molecule has 0 saturated carbocycles. The topological polar surface area (TPSA) is 71.0 Å². The van der Waals surface area contributed by atoms with Gasteiger partial charge in [0.05, 0.1) is 0 Å². The van der Waals surface area contributed by atoms with Gasteiger partial charge in [-0.25, -0.2) is 9.97 Å². The Kier molecular flexibility index (Phi) is 6.32. The van der Waals surface area contributed by atoms with Crippen LogP contribution in [0.15, 0.2) is 61.1 Å². The number of likely N-dealkylation sites (N-methyl/N-ethyl adjacent to an activating group) is 1. The second-order valence-corrected chi connectivity index (χ2v) is 7.00. The van der Waals surface area contributed by atoms with Gasteiger partial charge in [-0.3, -0.25) is 9.78 Å². The van der Waals surface area contributed by atoms with Crippen LogP contribution in [0.25, 0.3) is 0 Å². The van der Waals surface area contributed by atoms with Gasteiger partial charge in [-0.15, -0.1) is 0 Å². The number of hydrogen-bond donors (Lipinski definition) is 1. The van der Waals surface area contributed by atoms with Gasteiger partial charge in [0, 0.05) is 37.9 Å². The normalized spacial score (nSPS) is 10.7. The van der Waals surface area contributed by atoms with Crippen molar-refractivity contribution in [2.75, 3.05) is 18.9 Å². The van der Waals surface area contributed by atoms with Crippen LogP contribution < -0.4 is 5.32 Å². The fraction of sp³-hybridized carbons (Fsp3) is 0.273. The van der Waals surface area contributed by atoms with E-state index >= 15 is 0 Å². The van der Waals surface area contributed by atoms with Crippen LogP contribution in [0.5, 0.6) is 0 Å². The maximum absolute atomic E-state index is 12.7. The van der Waals surface area contributed by atoms with E-state index in [0.29, 0.717) is 24.1 Å². The quantitative estimate of drug-likeness (QED) is 0.674. The van der Waals surface area contributed by atoms with Gasteiger partial charge in [-0.05, 0) is 53.8 Å². The molecule has 0 fully saturated rings. The van der Waals surface area contributed by atoms with Crippen LogP contribution in [0.2, 0.25) is 0 Å². The highest BCUT2D eigenvalue weighted by molar-refractivity contribution is 5.92. The molecule has 3 rings (SSSR count). The number of amides is 1. The molecule has 2 heterocycles. The number of rotatable bonds is 7. The van der Waals surface area contributed by atoms with Gasteiger partial charge in [0.1, 0.15) is 5.69 Å². The summed E-state index contributed by atoms with van der Waals surface area (Å²) in [5, 5.41) is 3.16. The van der Waals surface area contributed by atoms with Crippen LogP contribution in [0.3, 0.4) is 0 Å². The van der Waals surface area contributed by atoms with E-state index in [2.05, 4.69) is 46.2 Å². The second kappa shape index (κ2) is 9.08. The zero-order chi connectivity index (χ0) is 19.9. The average molecular weight is 375 g/mol. The first-order chi connectivity index (χ1) is 13.5. The fourth-order valence-electron chi connectivity index (χ4n) is 2.76. The number of pyridine rings is 1. The van der Waals surface area contributed by atoms with Crippen molar-refractivity contribution in [3.05, 3.63) is 77.9 Å². The lowest BCUT2D eigenvalue weighted by Crippen LogP contribution is -2.29. The molecule has 1 amide bonds. The second-order valence-electron chi connectivity index (χ2n) is 7.00. The summed E-state index contributed by atoms with van der Waals surface area (Å²) in [5.41, 5.74) is 3.67. The number of carbonyl (C=O) groups excluding carboxylic acids is 1. The number of benzene rings is 1. The van der Waals surface area contributed by atoms with E-state index in [-0.39, 0.29) is 5.91 Å². The van der Waals surface area contributed by atoms with E-state index < -0.39 is 0 Å². The Bertz CT molecular complexity index is 910. The molecule has 0 aliphatic heterocycles. The molecule has 2 aromatic heterocycles. The minimum absolute atomic E-state index is 0.130. The molecule has 6 nitrogen and oxygen atoms in total. The van der Waals surface area contributed by atoms with Crippen molar-refractivity contribution >= 4 is 17.5 Å². The van der Waals surface area contributed by atoms with Gasteiger partial charge >= 0.3 is 0 Å². The van der Waals surface area contributed by atoms with Crippen molar-refractivity contribution in [1.29, 1.82) is 0 Å². The first-order valence-corrected chi connectivity index (χ1v) is 9.37. The van der Waals surface area contributed by atoms with Gasteiger partial charge in [-0.2, -0.15) is 0 Å². The van der Waals surface area contributed by atoms with Crippen molar-refractivity contribution in [3.63, 3.8) is 0 Å². The molecule has 0 saturated heterocycles. The van der Waals surface area contributed by atoms with Crippen LogP contribution in [0.1, 0.15) is 41.4 Å². The molecule has 1 aromatic carbocycles. The molecule has 0 unspecified atom stereocenters. The molecule has 28 heavy (non-hydrogen) atoms. The smallest absolute Gasteiger partial charge is 0.272 e. The summed E-state index contributed by atoms with van der Waals surface area (Å²) in [4.78, 5) is 27.0. The standard InChI is InChI=1S/C22H25N5O/c1-16(2)18-4-6-19(7-5-18)25-22-24-14-10-20(26-22)21(28)27(3)15-11-17-8-12-23-13-9-17/h4-10,12-14,16H,11,15H2,1-3H3,(H,24,25,26). The van der Waals surface area contributed by atoms with Crippen LogP contribution in [-0.2, 0) is 6.42 Å². The van der Waals surface area contributed by atoms with Gasteiger partial charge in [0.2, 0.25) is 5.95 Å². The summed E-state index contributed by atoms with van der Waals surface area (Å²) in [6.07, 6.45) is 5.88. The van der Waals surface area contributed by atoms with Gasteiger partial charge in [0.25, 0.3) is 5.91 Å². The van der Waals surface area contributed by atoms with E-state index in [1.165, 1.54) is 5.56 Å². The first kappa shape index (κ1) is 19.5. The fourth-order valence-corrected chi connectivity index (χ4v) is 2.76. The monoisotopic (exact) mass is 375 g/mol. The third-order valence-corrected chi connectivity index (χ3v) is 4.54. The molecular formula is C22H25N5O. The molecule has 0 aliphatic rings. The third kappa shape index (κ3) is 5.13. The van der Waals surface area contributed by atoms with E-state index in [0.717, 1.165) is 17.7 Å². The molecular weight excluding hydrogens is 350 g/mol. The van der Waals surface area contributed by atoms with Gasteiger partial charge < -0.3 is 10.2 Å². The molecule has 144 valence electrons. The third-order valence-electron chi connectivity index (χ3n) is 4.54. The predicted molar refractivity (Wildman–Crippen MR) is 111 cm³/mol. The van der Waals surface area contributed by atoms with Crippen molar-refractivity contribution in [1.82, 2.24) is 19.9 Å².